The minimum atomic E-state index is -0.473. The number of nitrogens with zero attached hydrogens (tertiary/aromatic N) is 2. The molecule has 27 heavy (non-hydrogen) atoms. The quantitative estimate of drug-likeness (QED) is 0.518. The molecule has 2 aromatic carbocycles. The van der Waals surface area contributed by atoms with Crippen molar-refractivity contribution in [1.29, 1.82) is 0 Å². The molecule has 0 bridgehead atoms. The van der Waals surface area contributed by atoms with Gasteiger partial charge in [0.25, 0.3) is 5.56 Å². The van der Waals surface area contributed by atoms with E-state index in [1.165, 1.54) is 17.8 Å². The Labute approximate surface area is 164 Å². The Balaban J connectivity index is 1.70. The Morgan fingerprint density at radius 3 is 2.33 bits per heavy atom. The molecule has 0 saturated carbocycles. The molecule has 0 aliphatic carbocycles. The van der Waals surface area contributed by atoms with Gasteiger partial charge in [-0.05, 0) is 31.2 Å². The monoisotopic (exact) mass is 396 g/mol. The van der Waals surface area contributed by atoms with Crippen LogP contribution in [0.25, 0.3) is 0 Å². The van der Waals surface area contributed by atoms with Crippen molar-refractivity contribution in [1.82, 2.24) is 9.97 Å². The van der Waals surface area contributed by atoms with E-state index in [4.69, 9.17) is 5.73 Å². The van der Waals surface area contributed by atoms with Crippen molar-refractivity contribution in [3.8, 4) is 0 Å². The Kier molecular flexibility index (Phi) is 4.67. The van der Waals surface area contributed by atoms with Crippen LogP contribution in [0.3, 0.4) is 0 Å². The van der Waals surface area contributed by atoms with Crippen LogP contribution in [0.4, 0.5) is 17.2 Å². The molecule has 0 radical (unpaired) electrons. The Bertz CT molecular complexity index is 1040. The summed E-state index contributed by atoms with van der Waals surface area (Å²) >= 11 is 2.82. The summed E-state index contributed by atoms with van der Waals surface area (Å²) in [6, 6.07) is 16.9. The summed E-state index contributed by atoms with van der Waals surface area (Å²) in [6.45, 7) is 1.79. The highest BCUT2D eigenvalue weighted by atomic mass is 32.2. The molecule has 0 spiro atoms. The van der Waals surface area contributed by atoms with Gasteiger partial charge in [0.05, 0.1) is 16.6 Å². The summed E-state index contributed by atoms with van der Waals surface area (Å²) in [5.41, 5.74) is 7.01. The molecule has 4 rings (SSSR count). The highest BCUT2D eigenvalue weighted by Gasteiger charge is 2.31. The lowest BCUT2D eigenvalue weighted by atomic mass is 10.2. The normalized spacial score (nSPS) is 13.6. The Morgan fingerprint density at radius 1 is 1.15 bits per heavy atom. The van der Waals surface area contributed by atoms with Crippen molar-refractivity contribution >= 4 is 46.6 Å². The largest absolute Gasteiger partial charge is 0.383 e. The van der Waals surface area contributed by atoms with Gasteiger partial charge >= 0.3 is 0 Å². The van der Waals surface area contributed by atoms with Crippen LogP contribution in [0.5, 0.6) is 0 Å². The number of hydrogen-bond donors (Lipinski definition) is 2. The number of anilines is 3. The zero-order valence-corrected chi connectivity index (χ0v) is 16.0. The number of H-pyrrole nitrogens is 1. The second-order valence-electron chi connectivity index (χ2n) is 5.95. The van der Waals surface area contributed by atoms with Crippen LogP contribution in [-0.2, 0) is 4.79 Å². The lowest BCUT2D eigenvalue weighted by Gasteiger charge is -2.32. The number of aromatic nitrogens is 2. The van der Waals surface area contributed by atoms with Crippen molar-refractivity contribution in [2.75, 3.05) is 10.6 Å². The predicted molar refractivity (Wildman–Crippen MR) is 109 cm³/mol. The summed E-state index contributed by atoms with van der Waals surface area (Å²) in [5, 5.41) is -0.145. The third-order valence-corrected chi connectivity index (χ3v) is 6.13. The second kappa shape index (κ2) is 7.13. The fourth-order valence-electron chi connectivity index (χ4n) is 2.85. The van der Waals surface area contributed by atoms with E-state index >= 15 is 0 Å². The number of carbonyl (C=O) groups excluding carboxylic acids is 1. The summed E-state index contributed by atoms with van der Waals surface area (Å²) in [7, 11) is 0. The summed E-state index contributed by atoms with van der Waals surface area (Å²) in [4.78, 5) is 35.5. The van der Waals surface area contributed by atoms with Gasteiger partial charge in [0.2, 0.25) is 5.91 Å². The van der Waals surface area contributed by atoms with Crippen LogP contribution in [0.1, 0.15) is 6.92 Å². The van der Waals surface area contributed by atoms with Crippen LogP contribution in [-0.4, -0.2) is 21.1 Å². The van der Waals surface area contributed by atoms with Crippen LogP contribution in [0.2, 0.25) is 0 Å². The molecule has 1 aliphatic heterocycles. The number of benzene rings is 2. The molecule has 1 atom stereocenters. The zero-order chi connectivity index (χ0) is 19.0. The number of hydrogen-bond acceptors (Lipinski definition) is 6. The molecule has 8 heteroatoms. The molecule has 0 fully saturated rings. The minimum absolute atomic E-state index is 0.0923. The third kappa shape index (κ3) is 3.45. The first-order valence-electron chi connectivity index (χ1n) is 8.26. The van der Waals surface area contributed by atoms with Gasteiger partial charge in [0.1, 0.15) is 5.82 Å². The molecule has 3 aromatic rings. The first-order valence-corrected chi connectivity index (χ1v) is 9.96. The molecule has 0 saturated heterocycles. The topological polar surface area (TPSA) is 92.1 Å². The number of carbonyl (C=O) groups is 1. The van der Waals surface area contributed by atoms with Crippen LogP contribution in [0.15, 0.2) is 74.3 Å². The molecular formula is C19H16N4O2S2. The molecule has 1 amide bonds. The lowest BCUT2D eigenvalue weighted by Crippen LogP contribution is -2.34. The van der Waals surface area contributed by atoms with Gasteiger partial charge in [-0.2, -0.15) is 0 Å². The van der Waals surface area contributed by atoms with E-state index in [0.717, 1.165) is 21.2 Å². The highest BCUT2D eigenvalue weighted by molar-refractivity contribution is 8.00. The Hall–Kier alpha value is -2.71. The molecular weight excluding hydrogens is 380 g/mol. The van der Waals surface area contributed by atoms with Crippen molar-refractivity contribution in [2.45, 2.75) is 27.1 Å². The summed E-state index contributed by atoms with van der Waals surface area (Å²) in [6.07, 6.45) is 0. The molecule has 3 N–H and O–H groups in total. The van der Waals surface area contributed by atoms with Gasteiger partial charge in [-0.3, -0.25) is 14.5 Å². The number of thioether (sulfide) groups is 1. The fourth-order valence-corrected chi connectivity index (χ4v) is 4.77. The maximum Gasteiger partial charge on any atom is 0.253 e. The van der Waals surface area contributed by atoms with E-state index in [1.807, 2.05) is 48.5 Å². The number of amides is 1. The average molecular weight is 396 g/mol. The van der Waals surface area contributed by atoms with E-state index in [9.17, 15) is 9.59 Å². The summed E-state index contributed by atoms with van der Waals surface area (Å²) in [5.74, 6) is 0.0382. The molecule has 1 aliphatic rings. The van der Waals surface area contributed by atoms with Gasteiger partial charge in [-0.15, -0.1) is 0 Å². The van der Waals surface area contributed by atoms with Crippen LogP contribution in [0, 0.1) is 0 Å². The first-order chi connectivity index (χ1) is 13.0. The Morgan fingerprint density at radius 2 is 1.74 bits per heavy atom. The van der Waals surface area contributed by atoms with Crippen molar-refractivity contribution in [2.24, 2.45) is 0 Å². The van der Waals surface area contributed by atoms with Crippen molar-refractivity contribution in [3.63, 3.8) is 0 Å². The fraction of sp³-hybridized carbons (Fsp3) is 0.105. The minimum Gasteiger partial charge on any atom is -0.383 e. The van der Waals surface area contributed by atoms with E-state index < -0.39 is 5.25 Å². The number of nitrogens with two attached hydrogens (primary N) is 1. The van der Waals surface area contributed by atoms with E-state index in [0.29, 0.717) is 5.16 Å². The van der Waals surface area contributed by atoms with Crippen LogP contribution >= 0.6 is 23.5 Å². The average Bonchev–Trinajstić information content (AvgIpc) is 2.64. The zero-order valence-electron chi connectivity index (χ0n) is 14.4. The number of aromatic amines is 1. The van der Waals surface area contributed by atoms with Gasteiger partial charge in [-0.25, -0.2) is 4.98 Å². The first kappa shape index (κ1) is 17.7. The lowest BCUT2D eigenvalue weighted by molar-refractivity contribution is -0.117. The number of nitrogens with one attached hydrogen (secondary N) is 1. The maximum absolute atomic E-state index is 13.3. The molecule has 2 heterocycles. The predicted octanol–water partition coefficient (Wildman–Crippen LogP) is 3.66. The SMILES string of the molecule is CC(Sc1nc(N)cc(=O)[nH]1)C(=O)N1c2ccccc2Sc2ccccc21. The molecule has 1 aromatic heterocycles. The standard InChI is InChI=1S/C19H16N4O2S2/c1-11(26-19-21-16(20)10-17(24)22-19)18(25)23-12-6-2-4-8-14(12)27-15-9-5-3-7-13(15)23/h2-11H,1H3,(H3,20,21,22,24). The van der Waals surface area contributed by atoms with Crippen LogP contribution < -0.4 is 16.2 Å². The second-order valence-corrected chi connectivity index (χ2v) is 8.36. The third-order valence-electron chi connectivity index (χ3n) is 4.03. The van der Waals surface area contributed by atoms with Crippen molar-refractivity contribution < 1.29 is 4.79 Å². The highest BCUT2D eigenvalue weighted by Crippen LogP contribution is 2.48. The van der Waals surface area contributed by atoms with Crippen molar-refractivity contribution in [3.05, 3.63) is 65.0 Å². The van der Waals surface area contributed by atoms with E-state index in [2.05, 4.69) is 9.97 Å². The molecule has 6 nitrogen and oxygen atoms in total. The summed E-state index contributed by atoms with van der Waals surface area (Å²) < 4.78 is 0. The smallest absolute Gasteiger partial charge is 0.253 e. The molecule has 1 unspecified atom stereocenters. The number of fused-ring (bicyclic) bond motifs is 2. The van der Waals surface area contributed by atoms with Gasteiger partial charge in [-0.1, -0.05) is 47.8 Å². The number of nitrogen functional groups attached to an aromatic ring is 1. The van der Waals surface area contributed by atoms with Gasteiger partial charge in [0.15, 0.2) is 5.16 Å². The van der Waals surface area contributed by atoms with E-state index in [-0.39, 0.29) is 17.3 Å². The number of rotatable bonds is 3. The maximum atomic E-state index is 13.3. The molecule has 136 valence electrons. The van der Waals surface area contributed by atoms with Gasteiger partial charge < -0.3 is 10.7 Å². The number of para-hydroxylation sites is 2. The van der Waals surface area contributed by atoms with Gasteiger partial charge in [0, 0.05) is 15.9 Å². The van der Waals surface area contributed by atoms with E-state index in [1.54, 1.807) is 23.6 Å².